The maximum atomic E-state index is 11.2. The van der Waals surface area contributed by atoms with Gasteiger partial charge in [0.25, 0.3) is 0 Å². The van der Waals surface area contributed by atoms with Gasteiger partial charge in [0.15, 0.2) is 5.96 Å². The van der Waals surface area contributed by atoms with Crippen molar-refractivity contribution in [2.24, 2.45) is 4.99 Å². The number of guanidine groups is 1. The smallest absolute Gasteiger partial charge is 0.221 e. The lowest BCUT2D eigenvalue weighted by Gasteiger charge is -2.17. The lowest BCUT2D eigenvalue weighted by atomic mass is 10.1. The van der Waals surface area contributed by atoms with Crippen molar-refractivity contribution in [3.8, 4) is 5.75 Å². The van der Waals surface area contributed by atoms with Gasteiger partial charge in [-0.15, -0.1) is 24.0 Å². The second-order valence-electron chi connectivity index (χ2n) is 6.94. The van der Waals surface area contributed by atoms with E-state index >= 15 is 0 Å². The molecule has 3 N–H and O–H groups in total. The lowest BCUT2D eigenvalue weighted by Crippen LogP contribution is -2.36. The predicted octanol–water partition coefficient (Wildman–Crippen LogP) is 4.22. The topological polar surface area (TPSA) is 74.8 Å². The van der Waals surface area contributed by atoms with Crippen LogP contribution in [-0.4, -0.2) is 25.0 Å². The van der Waals surface area contributed by atoms with Crippen molar-refractivity contribution in [2.45, 2.75) is 46.9 Å². The van der Waals surface area contributed by atoms with E-state index in [-0.39, 0.29) is 36.0 Å². The van der Waals surface area contributed by atoms with Gasteiger partial charge >= 0.3 is 0 Å². The van der Waals surface area contributed by atoms with Gasteiger partial charge in [-0.2, -0.15) is 0 Å². The number of halogens is 1. The Labute approximate surface area is 190 Å². The van der Waals surface area contributed by atoms with Crippen molar-refractivity contribution in [3.05, 3.63) is 59.2 Å². The number of aliphatic imine (C=N–C) groups is 1. The fourth-order valence-electron chi connectivity index (χ4n) is 2.72. The van der Waals surface area contributed by atoms with Gasteiger partial charge < -0.3 is 20.7 Å². The number of anilines is 1. The molecule has 2 aromatic rings. The van der Waals surface area contributed by atoms with E-state index in [4.69, 9.17) is 4.74 Å². The summed E-state index contributed by atoms with van der Waals surface area (Å²) in [6, 6.07) is 13.9. The molecule has 0 heterocycles. The number of benzene rings is 2. The maximum Gasteiger partial charge on any atom is 0.221 e. The summed E-state index contributed by atoms with van der Waals surface area (Å²) >= 11 is 0. The molecule has 0 saturated heterocycles. The number of hydrogen-bond acceptors (Lipinski definition) is 3. The van der Waals surface area contributed by atoms with Crippen LogP contribution in [0.2, 0.25) is 0 Å². The molecule has 0 aromatic heterocycles. The summed E-state index contributed by atoms with van der Waals surface area (Å²) in [5.74, 6) is 1.50. The summed E-state index contributed by atoms with van der Waals surface area (Å²) in [5, 5.41) is 9.41. The van der Waals surface area contributed by atoms with Crippen LogP contribution in [0.3, 0.4) is 0 Å². The molecule has 0 fully saturated rings. The monoisotopic (exact) mass is 510 g/mol. The Bertz CT molecular complexity index is 837. The summed E-state index contributed by atoms with van der Waals surface area (Å²) < 4.78 is 5.93. The molecule has 0 aliphatic heterocycles. The SMILES string of the molecule is CN=C(NCc1cccc(NC(C)=O)c1)NCc1ccc(C)cc1OC(C)C.I. The zero-order valence-electron chi connectivity index (χ0n) is 17.7. The number of carbonyl (C=O) groups excluding carboxylic acids is 1. The molecule has 0 atom stereocenters. The minimum atomic E-state index is -0.0832. The zero-order chi connectivity index (χ0) is 20.5. The summed E-state index contributed by atoms with van der Waals surface area (Å²) in [6.45, 7) is 8.80. The second-order valence-corrected chi connectivity index (χ2v) is 6.94. The molecule has 2 aromatic carbocycles. The number of rotatable bonds is 7. The number of hydrogen-bond donors (Lipinski definition) is 3. The lowest BCUT2D eigenvalue weighted by molar-refractivity contribution is -0.114. The first-order chi connectivity index (χ1) is 13.4. The first-order valence-corrected chi connectivity index (χ1v) is 9.44. The van der Waals surface area contributed by atoms with Crippen molar-refractivity contribution < 1.29 is 9.53 Å². The van der Waals surface area contributed by atoms with Crippen molar-refractivity contribution in [1.82, 2.24) is 10.6 Å². The Balaban J connectivity index is 0.00000420. The quantitative estimate of drug-likeness (QED) is 0.296. The molecular formula is C22H31IN4O2. The van der Waals surface area contributed by atoms with E-state index in [0.717, 1.165) is 22.6 Å². The van der Waals surface area contributed by atoms with E-state index in [1.807, 2.05) is 38.1 Å². The Morgan fingerprint density at radius 3 is 2.48 bits per heavy atom. The standard InChI is InChI=1S/C22H30N4O2.HI/c1-15(2)28-21-11-16(3)9-10-19(21)14-25-22(23-5)24-13-18-7-6-8-20(12-18)26-17(4)27;/h6-12,15H,13-14H2,1-5H3,(H,26,27)(H2,23,24,25);1H. The molecule has 0 aliphatic rings. The molecule has 2 rings (SSSR count). The van der Waals surface area contributed by atoms with Crippen molar-refractivity contribution >= 4 is 41.5 Å². The molecule has 0 spiro atoms. The molecule has 1 amide bonds. The Kier molecular flexibility index (Phi) is 10.5. The molecule has 0 unspecified atom stereocenters. The fraction of sp³-hybridized carbons (Fsp3) is 0.364. The minimum absolute atomic E-state index is 0. The maximum absolute atomic E-state index is 11.2. The third-order valence-corrected chi connectivity index (χ3v) is 3.96. The van der Waals surface area contributed by atoms with Crippen LogP contribution >= 0.6 is 24.0 Å². The van der Waals surface area contributed by atoms with Crippen LogP contribution in [0.15, 0.2) is 47.5 Å². The fourth-order valence-corrected chi connectivity index (χ4v) is 2.72. The van der Waals surface area contributed by atoms with E-state index in [1.165, 1.54) is 12.5 Å². The normalized spacial score (nSPS) is 10.9. The van der Waals surface area contributed by atoms with Crippen LogP contribution in [0.25, 0.3) is 0 Å². The molecule has 0 saturated carbocycles. The highest BCUT2D eigenvalue weighted by molar-refractivity contribution is 14.0. The van der Waals surface area contributed by atoms with Gasteiger partial charge in [-0.05, 0) is 50.1 Å². The Hall–Kier alpha value is -2.29. The van der Waals surface area contributed by atoms with Crippen molar-refractivity contribution in [3.63, 3.8) is 0 Å². The summed E-state index contributed by atoms with van der Waals surface area (Å²) in [5.41, 5.74) is 4.08. The highest BCUT2D eigenvalue weighted by atomic mass is 127. The van der Waals surface area contributed by atoms with Gasteiger partial charge in [-0.25, -0.2) is 0 Å². The molecule has 158 valence electrons. The number of aryl methyl sites for hydroxylation is 1. The molecule has 0 aliphatic carbocycles. The van der Waals surface area contributed by atoms with Gasteiger partial charge in [0.1, 0.15) is 5.75 Å². The second kappa shape index (κ2) is 12.3. The van der Waals surface area contributed by atoms with Crippen LogP contribution in [0.4, 0.5) is 5.69 Å². The van der Waals surface area contributed by atoms with Gasteiger partial charge in [0.2, 0.25) is 5.91 Å². The van der Waals surface area contributed by atoms with E-state index in [0.29, 0.717) is 19.0 Å². The number of nitrogens with one attached hydrogen (secondary N) is 3. The van der Waals surface area contributed by atoms with Gasteiger partial charge in [-0.3, -0.25) is 9.79 Å². The van der Waals surface area contributed by atoms with Gasteiger partial charge in [0.05, 0.1) is 6.10 Å². The van der Waals surface area contributed by atoms with E-state index in [2.05, 4.69) is 46.1 Å². The van der Waals surface area contributed by atoms with Crippen molar-refractivity contribution in [2.75, 3.05) is 12.4 Å². The van der Waals surface area contributed by atoms with Crippen LogP contribution < -0.4 is 20.7 Å². The average Bonchev–Trinajstić information content (AvgIpc) is 2.62. The first-order valence-electron chi connectivity index (χ1n) is 9.44. The molecule has 29 heavy (non-hydrogen) atoms. The van der Waals surface area contributed by atoms with E-state index in [9.17, 15) is 4.79 Å². The van der Waals surface area contributed by atoms with Crippen LogP contribution in [0.5, 0.6) is 5.75 Å². The molecule has 0 bridgehead atoms. The molecule has 6 nitrogen and oxygen atoms in total. The largest absolute Gasteiger partial charge is 0.491 e. The minimum Gasteiger partial charge on any atom is -0.491 e. The number of carbonyl (C=O) groups is 1. The number of ether oxygens (including phenoxy) is 1. The summed E-state index contributed by atoms with van der Waals surface area (Å²) in [6.07, 6.45) is 0.119. The highest BCUT2D eigenvalue weighted by Gasteiger charge is 2.08. The third kappa shape index (κ3) is 8.72. The summed E-state index contributed by atoms with van der Waals surface area (Å²) in [4.78, 5) is 15.5. The highest BCUT2D eigenvalue weighted by Crippen LogP contribution is 2.21. The first kappa shape index (κ1) is 24.7. The predicted molar refractivity (Wildman–Crippen MR) is 130 cm³/mol. The van der Waals surface area contributed by atoms with Crippen molar-refractivity contribution in [1.29, 1.82) is 0 Å². The Morgan fingerprint density at radius 1 is 1.10 bits per heavy atom. The zero-order valence-corrected chi connectivity index (χ0v) is 20.0. The summed E-state index contributed by atoms with van der Waals surface area (Å²) in [7, 11) is 1.74. The molecular weight excluding hydrogens is 479 g/mol. The molecule has 0 radical (unpaired) electrons. The van der Waals surface area contributed by atoms with Gasteiger partial charge in [-0.1, -0.05) is 24.3 Å². The third-order valence-electron chi connectivity index (χ3n) is 3.96. The van der Waals surface area contributed by atoms with Gasteiger partial charge in [0, 0.05) is 38.3 Å². The van der Waals surface area contributed by atoms with Crippen LogP contribution in [0, 0.1) is 6.92 Å². The van der Waals surface area contributed by atoms with Crippen LogP contribution in [-0.2, 0) is 17.9 Å². The number of nitrogens with zero attached hydrogens (tertiary/aromatic N) is 1. The Morgan fingerprint density at radius 2 is 1.83 bits per heavy atom. The van der Waals surface area contributed by atoms with Crippen LogP contribution in [0.1, 0.15) is 37.5 Å². The van der Waals surface area contributed by atoms with E-state index < -0.39 is 0 Å². The van der Waals surface area contributed by atoms with E-state index in [1.54, 1.807) is 7.05 Å². The number of amides is 1. The molecule has 7 heteroatoms. The average molecular weight is 510 g/mol.